The summed E-state index contributed by atoms with van der Waals surface area (Å²) in [5.41, 5.74) is 0.916. The van der Waals surface area contributed by atoms with E-state index in [4.69, 9.17) is 5.26 Å². The van der Waals surface area contributed by atoms with Crippen LogP contribution in [0.4, 0.5) is 0 Å². The van der Waals surface area contributed by atoms with E-state index in [1.165, 1.54) is 6.20 Å². The molecule has 0 spiro atoms. The highest BCUT2D eigenvalue weighted by molar-refractivity contribution is 5.92. The normalized spacial score (nSPS) is 14.1. The van der Waals surface area contributed by atoms with Crippen molar-refractivity contribution in [3.8, 4) is 6.07 Å². The fourth-order valence-electron chi connectivity index (χ4n) is 1.81. The van der Waals surface area contributed by atoms with Gasteiger partial charge in [0.05, 0.1) is 5.56 Å². The van der Waals surface area contributed by atoms with E-state index >= 15 is 0 Å². The van der Waals surface area contributed by atoms with Crippen molar-refractivity contribution >= 4 is 5.91 Å². The summed E-state index contributed by atoms with van der Waals surface area (Å²) in [6, 6.07) is 5.66. The molecule has 0 aliphatic heterocycles. The third-order valence-electron chi connectivity index (χ3n) is 2.82. The zero-order valence-electron chi connectivity index (χ0n) is 9.89. The predicted molar refractivity (Wildman–Crippen MR) is 63.3 cm³/mol. The van der Waals surface area contributed by atoms with Gasteiger partial charge < -0.3 is 4.90 Å². The van der Waals surface area contributed by atoms with Gasteiger partial charge in [0, 0.05) is 18.8 Å². The first-order chi connectivity index (χ1) is 8.26. The number of hydrogen-bond acceptors (Lipinski definition) is 3. The van der Waals surface area contributed by atoms with E-state index in [0.29, 0.717) is 17.3 Å². The van der Waals surface area contributed by atoms with Gasteiger partial charge in [0.25, 0.3) is 5.91 Å². The lowest BCUT2D eigenvalue weighted by Gasteiger charge is -2.21. The number of carbonyl (C=O) groups is 1. The topological polar surface area (TPSA) is 57.0 Å². The Bertz CT molecular complexity index is 443. The summed E-state index contributed by atoms with van der Waals surface area (Å²) in [5.74, 6) is -0.0150. The molecular formula is C13H15N3O. The third kappa shape index (κ3) is 2.62. The summed E-state index contributed by atoms with van der Waals surface area (Å²) in [6.07, 6.45) is 4.60. The molecule has 4 heteroatoms. The third-order valence-corrected chi connectivity index (χ3v) is 2.82. The minimum absolute atomic E-state index is 0.0150. The summed E-state index contributed by atoms with van der Waals surface area (Å²) in [4.78, 5) is 18.1. The molecule has 0 N–H and O–H groups in total. The molecule has 0 bridgehead atoms. The Kier molecular flexibility index (Phi) is 3.38. The van der Waals surface area contributed by atoms with Crippen LogP contribution in [0.2, 0.25) is 0 Å². The molecule has 1 aromatic heterocycles. The molecule has 0 atom stereocenters. The Balaban J connectivity index is 2.14. The van der Waals surface area contributed by atoms with Crippen molar-refractivity contribution < 1.29 is 4.79 Å². The molecule has 17 heavy (non-hydrogen) atoms. The van der Waals surface area contributed by atoms with Crippen molar-refractivity contribution in [1.82, 2.24) is 9.88 Å². The molecule has 2 rings (SSSR count). The van der Waals surface area contributed by atoms with Crippen LogP contribution in [-0.4, -0.2) is 28.4 Å². The molecule has 1 aliphatic carbocycles. The van der Waals surface area contributed by atoms with Crippen molar-refractivity contribution in [3.05, 3.63) is 29.6 Å². The van der Waals surface area contributed by atoms with Crippen LogP contribution in [0, 0.1) is 11.3 Å². The summed E-state index contributed by atoms with van der Waals surface area (Å²) < 4.78 is 0. The van der Waals surface area contributed by atoms with E-state index in [-0.39, 0.29) is 5.91 Å². The fraction of sp³-hybridized carbons (Fsp3) is 0.462. The largest absolute Gasteiger partial charge is 0.334 e. The van der Waals surface area contributed by atoms with Gasteiger partial charge in [0.15, 0.2) is 0 Å². The van der Waals surface area contributed by atoms with Gasteiger partial charge in [0.2, 0.25) is 0 Å². The maximum Gasteiger partial charge on any atom is 0.272 e. The Morgan fingerprint density at radius 1 is 1.59 bits per heavy atom. The van der Waals surface area contributed by atoms with Gasteiger partial charge >= 0.3 is 0 Å². The number of aromatic nitrogens is 1. The Hall–Kier alpha value is -1.89. The molecule has 1 saturated carbocycles. The van der Waals surface area contributed by atoms with Crippen molar-refractivity contribution in [1.29, 1.82) is 5.26 Å². The van der Waals surface area contributed by atoms with Crippen LogP contribution in [0.1, 0.15) is 42.2 Å². The highest BCUT2D eigenvalue weighted by Crippen LogP contribution is 2.28. The number of hydrogen-bond donors (Lipinski definition) is 0. The van der Waals surface area contributed by atoms with Crippen LogP contribution < -0.4 is 0 Å². The lowest BCUT2D eigenvalue weighted by Crippen LogP contribution is -2.34. The number of amides is 1. The first-order valence-electron chi connectivity index (χ1n) is 5.93. The summed E-state index contributed by atoms with van der Waals surface area (Å²) in [6.45, 7) is 2.85. The highest BCUT2D eigenvalue weighted by Gasteiger charge is 2.32. The van der Waals surface area contributed by atoms with Crippen LogP contribution >= 0.6 is 0 Å². The first-order valence-corrected chi connectivity index (χ1v) is 5.93. The molecule has 1 amide bonds. The number of pyridine rings is 1. The van der Waals surface area contributed by atoms with E-state index in [2.05, 4.69) is 11.9 Å². The molecule has 4 nitrogen and oxygen atoms in total. The molecule has 1 aliphatic rings. The molecule has 1 aromatic rings. The van der Waals surface area contributed by atoms with Crippen LogP contribution in [0.3, 0.4) is 0 Å². The van der Waals surface area contributed by atoms with Crippen LogP contribution in [-0.2, 0) is 0 Å². The van der Waals surface area contributed by atoms with Gasteiger partial charge in [-0.1, -0.05) is 6.92 Å². The minimum Gasteiger partial charge on any atom is -0.334 e. The maximum atomic E-state index is 12.2. The van der Waals surface area contributed by atoms with E-state index in [1.54, 1.807) is 12.1 Å². The second kappa shape index (κ2) is 4.96. The standard InChI is InChI=1S/C13H15N3O/c1-2-7-16(11-4-5-11)13(17)12-6-3-10(8-14)9-15-12/h3,6,9,11H,2,4-5,7H2,1H3. The quantitative estimate of drug-likeness (QED) is 0.793. The van der Waals surface area contributed by atoms with Crippen LogP contribution in [0.15, 0.2) is 18.3 Å². The summed E-state index contributed by atoms with van der Waals surface area (Å²) >= 11 is 0. The molecule has 0 saturated heterocycles. The van der Waals surface area contributed by atoms with Gasteiger partial charge in [-0.3, -0.25) is 4.79 Å². The second-order valence-corrected chi connectivity index (χ2v) is 4.27. The Morgan fingerprint density at radius 3 is 2.82 bits per heavy atom. The van der Waals surface area contributed by atoms with Crippen LogP contribution in [0.5, 0.6) is 0 Å². The summed E-state index contributed by atoms with van der Waals surface area (Å²) in [7, 11) is 0. The molecular weight excluding hydrogens is 214 g/mol. The average Bonchev–Trinajstić information content (AvgIpc) is 3.19. The highest BCUT2D eigenvalue weighted by atomic mass is 16.2. The SMILES string of the molecule is CCCN(C(=O)c1ccc(C#N)cn1)C1CC1. The van der Waals surface area contributed by atoms with Crippen molar-refractivity contribution in [2.24, 2.45) is 0 Å². The molecule has 1 fully saturated rings. The Morgan fingerprint density at radius 2 is 2.35 bits per heavy atom. The zero-order valence-corrected chi connectivity index (χ0v) is 9.89. The van der Waals surface area contributed by atoms with Crippen molar-refractivity contribution in [2.45, 2.75) is 32.2 Å². The number of rotatable bonds is 4. The van der Waals surface area contributed by atoms with Crippen molar-refractivity contribution in [2.75, 3.05) is 6.54 Å². The van der Waals surface area contributed by atoms with E-state index < -0.39 is 0 Å². The van der Waals surface area contributed by atoms with Crippen molar-refractivity contribution in [3.63, 3.8) is 0 Å². The lowest BCUT2D eigenvalue weighted by atomic mass is 10.2. The van der Waals surface area contributed by atoms with Gasteiger partial charge in [-0.25, -0.2) is 4.98 Å². The first kappa shape index (κ1) is 11.6. The van der Waals surface area contributed by atoms with Crippen LogP contribution in [0.25, 0.3) is 0 Å². The molecule has 0 unspecified atom stereocenters. The molecule has 1 heterocycles. The number of nitriles is 1. The lowest BCUT2D eigenvalue weighted by molar-refractivity contribution is 0.0737. The van der Waals surface area contributed by atoms with Gasteiger partial charge in [0.1, 0.15) is 11.8 Å². The molecule has 0 aromatic carbocycles. The second-order valence-electron chi connectivity index (χ2n) is 4.27. The van der Waals surface area contributed by atoms with E-state index in [1.807, 2.05) is 11.0 Å². The number of carbonyl (C=O) groups excluding carboxylic acids is 1. The Labute approximate surface area is 101 Å². The van der Waals surface area contributed by atoms with Gasteiger partial charge in [-0.05, 0) is 31.4 Å². The summed E-state index contributed by atoms with van der Waals surface area (Å²) in [5, 5.41) is 8.67. The molecule has 88 valence electrons. The van der Waals surface area contributed by atoms with E-state index in [9.17, 15) is 4.79 Å². The fourth-order valence-corrected chi connectivity index (χ4v) is 1.81. The molecule has 0 radical (unpaired) electrons. The van der Waals surface area contributed by atoms with Gasteiger partial charge in [-0.15, -0.1) is 0 Å². The number of nitrogens with zero attached hydrogens (tertiary/aromatic N) is 3. The van der Waals surface area contributed by atoms with Gasteiger partial charge in [-0.2, -0.15) is 5.26 Å². The minimum atomic E-state index is -0.0150. The maximum absolute atomic E-state index is 12.2. The zero-order chi connectivity index (χ0) is 12.3. The van der Waals surface area contributed by atoms with E-state index in [0.717, 1.165) is 25.8 Å². The monoisotopic (exact) mass is 229 g/mol. The predicted octanol–water partition coefficient (Wildman–Crippen LogP) is 1.97. The average molecular weight is 229 g/mol. The smallest absolute Gasteiger partial charge is 0.272 e.